The second-order valence-corrected chi connectivity index (χ2v) is 2.88. The Balaban J connectivity index is 2.99. The van der Waals surface area contributed by atoms with Crippen molar-refractivity contribution in [1.29, 1.82) is 0 Å². The highest BCUT2D eigenvalue weighted by molar-refractivity contribution is 6.02. The van der Waals surface area contributed by atoms with Crippen LogP contribution in [0.4, 0.5) is 0 Å². The van der Waals surface area contributed by atoms with Crippen molar-refractivity contribution in [3.8, 4) is 0 Å². The van der Waals surface area contributed by atoms with Gasteiger partial charge in [0.15, 0.2) is 0 Å². The van der Waals surface area contributed by atoms with Gasteiger partial charge in [0.2, 0.25) is 0 Å². The molecule has 1 atom stereocenters. The van der Waals surface area contributed by atoms with E-state index < -0.39 is 0 Å². The predicted molar refractivity (Wildman–Crippen MR) is 54.1 cm³/mol. The Morgan fingerprint density at radius 2 is 2.08 bits per heavy atom. The first-order chi connectivity index (χ1) is 6.29. The number of oxime groups is 1. The Bertz CT molecular complexity index is 303. The summed E-state index contributed by atoms with van der Waals surface area (Å²) < 4.78 is 0. The lowest BCUT2D eigenvalue weighted by Crippen LogP contribution is -2.09. The molecule has 1 unspecified atom stereocenters. The lowest BCUT2D eigenvalue weighted by molar-refractivity contribution is 0.317. The normalized spacial score (nSPS) is 13.8. The predicted octanol–water partition coefficient (Wildman–Crippen LogP) is 2.69. The SMILES string of the molecule is C=CC(C)/C(=N\O)c1ccccc1. The second kappa shape index (κ2) is 4.45. The molecule has 0 saturated carbocycles. The average molecular weight is 175 g/mol. The van der Waals surface area contributed by atoms with E-state index in [1.807, 2.05) is 37.3 Å². The number of rotatable bonds is 3. The summed E-state index contributed by atoms with van der Waals surface area (Å²) >= 11 is 0. The third kappa shape index (κ3) is 2.18. The van der Waals surface area contributed by atoms with E-state index in [-0.39, 0.29) is 5.92 Å². The molecule has 1 N–H and O–H groups in total. The van der Waals surface area contributed by atoms with Gasteiger partial charge in [-0.2, -0.15) is 0 Å². The maximum atomic E-state index is 8.82. The first-order valence-corrected chi connectivity index (χ1v) is 4.19. The molecule has 13 heavy (non-hydrogen) atoms. The zero-order chi connectivity index (χ0) is 9.68. The number of hydrogen-bond acceptors (Lipinski definition) is 2. The monoisotopic (exact) mass is 175 g/mol. The van der Waals surface area contributed by atoms with Gasteiger partial charge >= 0.3 is 0 Å². The molecule has 0 aromatic heterocycles. The van der Waals surface area contributed by atoms with E-state index in [0.717, 1.165) is 5.56 Å². The molecular formula is C11H13NO. The summed E-state index contributed by atoms with van der Waals surface area (Å²) in [6.45, 7) is 5.60. The molecule has 68 valence electrons. The average Bonchev–Trinajstić information content (AvgIpc) is 2.20. The summed E-state index contributed by atoms with van der Waals surface area (Å²) in [6.07, 6.45) is 1.75. The molecule has 1 rings (SSSR count). The molecule has 0 bridgehead atoms. The first kappa shape index (κ1) is 9.52. The van der Waals surface area contributed by atoms with Gasteiger partial charge in [-0.25, -0.2) is 0 Å². The van der Waals surface area contributed by atoms with Crippen LogP contribution in [0.15, 0.2) is 48.1 Å². The lowest BCUT2D eigenvalue weighted by Gasteiger charge is -2.07. The van der Waals surface area contributed by atoms with Crippen molar-refractivity contribution in [2.24, 2.45) is 11.1 Å². The molecule has 0 spiro atoms. The number of benzene rings is 1. The minimum Gasteiger partial charge on any atom is -0.411 e. The summed E-state index contributed by atoms with van der Waals surface area (Å²) in [5.74, 6) is 0.0624. The molecule has 0 aliphatic carbocycles. The Kier molecular flexibility index (Phi) is 3.26. The van der Waals surface area contributed by atoms with Crippen LogP contribution in [0.5, 0.6) is 0 Å². The lowest BCUT2D eigenvalue weighted by atomic mass is 9.99. The van der Waals surface area contributed by atoms with E-state index in [1.165, 1.54) is 0 Å². The maximum absolute atomic E-state index is 8.82. The van der Waals surface area contributed by atoms with Gasteiger partial charge in [-0.3, -0.25) is 0 Å². The van der Waals surface area contributed by atoms with E-state index in [9.17, 15) is 0 Å². The molecule has 0 fully saturated rings. The largest absolute Gasteiger partial charge is 0.411 e. The molecule has 0 aliphatic rings. The summed E-state index contributed by atoms with van der Waals surface area (Å²) in [5, 5.41) is 12.1. The van der Waals surface area contributed by atoms with Crippen molar-refractivity contribution in [2.45, 2.75) is 6.92 Å². The highest BCUT2D eigenvalue weighted by Crippen LogP contribution is 2.10. The Labute approximate surface area is 78.2 Å². The van der Waals surface area contributed by atoms with Gasteiger partial charge < -0.3 is 5.21 Å². The van der Waals surface area contributed by atoms with Crippen LogP contribution in [0.25, 0.3) is 0 Å². The Morgan fingerprint density at radius 3 is 2.54 bits per heavy atom. The van der Waals surface area contributed by atoms with Gasteiger partial charge in [0, 0.05) is 5.92 Å². The number of hydrogen-bond donors (Lipinski definition) is 1. The van der Waals surface area contributed by atoms with E-state index in [2.05, 4.69) is 11.7 Å². The van der Waals surface area contributed by atoms with Crippen molar-refractivity contribution in [3.63, 3.8) is 0 Å². The molecule has 1 aromatic carbocycles. The van der Waals surface area contributed by atoms with Gasteiger partial charge in [0.05, 0.1) is 5.71 Å². The van der Waals surface area contributed by atoms with Crippen LogP contribution in [-0.4, -0.2) is 10.9 Å². The van der Waals surface area contributed by atoms with E-state index in [4.69, 9.17) is 5.21 Å². The molecule has 0 radical (unpaired) electrons. The molecule has 2 nitrogen and oxygen atoms in total. The minimum atomic E-state index is 0.0624. The van der Waals surface area contributed by atoms with Crippen molar-refractivity contribution < 1.29 is 5.21 Å². The third-order valence-electron chi connectivity index (χ3n) is 1.96. The first-order valence-electron chi connectivity index (χ1n) is 4.19. The highest BCUT2D eigenvalue weighted by Gasteiger charge is 2.09. The van der Waals surface area contributed by atoms with E-state index in [0.29, 0.717) is 5.71 Å². The second-order valence-electron chi connectivity index (χ2n) is 2.88. The van der Waals surface area contributed by atoms with Crippen LogP contribution in [0.1, 0.15) is 12.5 Å². The van der Waals surface area contributed by atoms with Gasteiger partial charge in [0.25, 0.3) is 0 Å². The minimum absolute atomic E-state index is 0.0624. The summed E-state index contributed by atoms with van der Waals surface area (Å²) in [5.41, 5.74) is 1.58. The van der Waals surface area contributed by atoms with Crippen LogP contribution in [0.3, 0.4) is 0 Å². The van der Waals surface area contributed by atoms with Crippen LogP contribution in [0, 0.1) is 5.92 Å². The van der Waals surface area contributed by atoms with Crippen LogP contribution >= 0.6 is 0 Å². The molecule has 0 heterocycles. The fourth-order valence-electron chi connectivity index (χ4n) is 1.13. The van der Waals surface area contributed by atoms with Gasteiger partial charge in [-0.15, -0.1) is 6.58 Å². The van der Waals surface area contributed by atoms with Gasteiger partial charge in [-0.05, 0) is 5.56 Å². The van der Waals surface area contributed by atoms with Gasteiger partial charge in [0.1, 0.15) is 0 Å². The molecule has 0 saturated heterocycles. The fraction of sp³-hybridized carbons (Fsp3) is 0.182. The Morgan fingerprint density at radius 1 is 1.46 bits per heavy atom. The maximum Gasteiger partial charge on any atom is 0.0933 e. The van der Waals surface area contributed by atoms with Crippen LogP contribution in [-0.2, 0) is 0 Å². The van der Waals surface area contributed by atoms with Crippen molar-refractivity contribution >= 4 is 5.71 Å². The standard InChI is InChI=1S/C11H13NO/c1-3-9(2)11(12-13)10-7-5-4-6-8-10/h3-9,13H,1H2,2H3/b12-11+. The zero-order valence-electron chi connectivity index (χ0n) is 7.64. The van der Waals surface area contributed by atoms with Crippen molar-refractivity contribution in [3.05, 3.63) is 48.6 Å². The third-order valence-corrected chi connectivity index (χ3v) is 1.96. The molecule has 0 aliphatic heterocycles. The fourth-order valence-corrected chi connectivity index (χ4v) is 1.13. The number of nitrogens with zero attached hydrogens (tertiary/aromatic N) is 1. The highest BCUT2D eigenvalue weighted by atomic mass is 16.4. The molecular weight excluding hydrogens is 162 g/mol. The summed E-state index contributed by atoms with van der Waals surface area (Å²) in [6, 6.07) is 9.58. The summed E-state index contributed by atoms with van der Waals surface area (Å²) in [7, 11) is 0. The topological polar surface area (TPSA) is 32.6 Å². The smallest absolute Gasteiger partial charge is 0.0933 e. The zero-order valence-corrected chi connectivity index (χ0v) is 7.64. The van der Waals surface area contributed by atoms with E-state index in [1.54, 1.807) is 6.08 Å². The van der Waals surface area contributed by atoms with Gasteiger partial charge in [-0.1, -0.05) is 48.5 Å². The molecule has 1 aromatic rings. The van der Waals surface area contributed by atoms with Crippen LogP contribution in [0.2, 0.25) is 0 Å². The Hall–Kier alpha value is -1.57. The van der Waals surface area contributed by atoms with Crippen LogP contribution < -0.4 is 0 Å². The molecule has 0 amide bonds. The van der Waals surface area contributed by atoms with Crippen molar-refractivity contribution in [2.75, 3.05) is 0 Å². The van der Waals surface area contributed by atoms with Crippen molar-refractivity contribution in [1.82, 2.24) is 0 Å². The number of allylic oxidation sites excluding steroid dienone is 1. The van der Waals surface area contributed by atoms with E-state index >= 15 is 0 Å². The quantitative estimate of drug-likeness (QED) is 0.326. The summed E-state index contributed by atoms with van der Waals surface area (Å²) in [4.78, 5) is 0. The molecule has 2 heteroatoms.